The highest BCUT2D eigenvalue weighted by molar-refractivity contribution is 7.14. The van der Waals surface area contributed by atoms with Crippen LogP contribution in [0.4, 0.5) is 0 Å². The molecule has 0 bridgehead atoms. The summed E-state index contributed by atoms with van der Waals surface area (Å²) in [4.78, 5) is 14.9. The van der Waals surface area contributed by atoms with E-state index in [-0.39, 0.29) is 12.5 Å². The molecule has 0 aliphatic carbocycles. The second-order valence-corrected chi connectivity index (χ2v) is 7.83. The largest absolute Gasteiger partial charge is 0.477 e. The molecule has 3 heterocycles. The van der Waals surface area contributed by atoms with Gasteiger partial charge in [0.15, 0.2) is 0 Å². The molecule has 6 heteroatoms. The van der Waals surface area contributed by atoms with E-state index in [1.54, 1.807) is 17.4 Å². The fourth-order valence-electron chi connectivity index (χ4n) is 3.16. The lowest BCUT2D eigenvalue weighted by Crippen LogP contribution is -2.21. The number of nitrogens with zero attached hydrogens (tertiary/aromatic N) is 1. The number of aliphatic hydroxyl groups is 1. The first kappa shape index (κ1) is 15.7. The molecule has 2 aromatic rings. The molecule has 1 fully saturated rings. The van der Waals surface area contributed by atoms with Gasteiger partial charge in [0.2, 0.25) is 0 Å². The molecular weight excluding hydrogens is 318 g/mol. The van der Waals surface area contributed by atoms with Crippen LogP contribution in [0.1, 0.15) is 31.6 Å². The van der Waals surface area contributed by atoms with E-state index in [4.69, 9.17) is 5.11 Å². The molecule has 0 radical (unpaired) electrons. The predicted octanol–water partition coefficient (Wildman–Crippen LogP) is 3.02. The van der Waals surface area contributed by atoms with Crippen molar-refractivity contribution in [3.05, 3.63) is 43.8 Å². The number of thiophene rings is 2. The maximum absolute atomic E-state index is 11.1. The van der Waals surface area contributed by atoms with Gasteiger partial charge in [-0.15, -0.1) is 11.3 Å². The number of aliphatic hydroxyl groups excluding tert-OH is 1. The van der Waals surface area contributed by atoms with E-state index in [9.17, 15) is 9.90 Å². The summed E-state index contributed by atoms with van der Waals surface area (Å²) < 4.78 is 0. The molecule has 3 rings (SSSR count). The van der Waals surface area contributed by atoms with Crippen molar-refractivity contribution in [2.75, 3.05) is 19.7 Å². The van der Waals surface area contributed by atoms with E-state index in [2.05, 4.69) is 21.7 Å². The molecule has 0 unspecified atom stereocenters. The number of likely N-dealkylation sites (tertiary alicyclic amines) is 1. The molecule has 0 aromatic carbocycles. The number of hydrogen-bond donors (Lipinski definition) is 2. The molecule has 0 spiro atoms. The number of carboxylic acid groups (broad SMARTS) is 1. The molecule has 2 aromatic heterocycles. The Bertz CT molecular complexity index is 650. The van der Waals surface area contributed by atoms with E-state index >= 15 is 0 Å². The quantitative estimate of drug-likeness (QED) is 0.880. The lowest BCUT2D eigenvalue weighted by Gasteiger charge is -2.15. The number of carbonyl (C=O) groups is 1. The van der Waals surface area contributed by atoms with Crippen LogP contribution in [0.25, 0.3) is 0 Å². The fourth-order valence-corrected chi connectivity index (χ4v) is 4.76. The summed E-state index contributed by atoms with van der Waals surface area (Å²) in [6.45, 7) is 4.70. The third-order valence-electron chi connectivity index (χ3n) is 4.35. The van der Waals surface area contributed by atoms with Crippen molar-refractivity contribution >= 4 is 28.6 Å². The zero-order valence-electron chi connectivity index (χ0n) is 12.4. The Kier molecular flexibility index (Phi) is 4.63. The van der Waals surface area contributed by atoms with Gasteiger partial charge in [0, 0.05) is 43.0 Å². The summed E-state index contributed by atoms with van der Waals surface area (Å²) in [5, 5.41) is 23.0. The Morgan fingerprint density at radius 1 is 1.45 bits per heavy atom. The molecule has 0 saturated carbocycles. The summed E-state index contributed by atoms with van der Waals surface area (Å²) >= 11 is 3.03. The second kappa shape index (κ2) is 6.50. The van der Waals surface area contributed by atoms with E-state index in [0.717, 1.165) is 30.1 Å². The summed E-state index contributed by atoms with van der Waals surface area (Å²) in [5.41, 5.74) is 2.39. The minimum Gasteiger partial charge on any atom is -0.477 e. The third kappa shape index (κ3) is 3.10. The van der Waals surface area contributed by atoms with Crippen molar-refractivity contribution in [2.24, 2.45) is 5.92 Å². The smallest absolute Gasteiger partial charge is 0.345 e. The Morgan fingerprint density at radius 3 is 2.86 bits per heavy atom. The first-order valence-electron chi connectivity index (χ1n) is 7.26. The van der Waals surface area contributed by atoms with Crippen LogP contribution in [0.15, 0.2) is 22.9 Å². The van der Waals surface area contributed by atoms with Gasteiger partial charge in [-0.25, -0.2) is 4.79 Å². The standard InChI is InChI=1S/C16H19NO3S2/c1-10-12(4-15(22-10)16(19)20)5-17-6-13(8-18)14(7-17)11-2-3-21-9-11/h2-4,9,13-14,18H,5-8H2,1H3,(H,19,20)/t13-,14-/m0/s1. The van der Waals surface area contributed by atoms with Crippen molar-refractivity contribution in [2.45, 2.75) is 19.4 Å². The minimum atomic E-state index is -0.856. The van der Waals surface area contributed by atoms with Crippen molar-refractivity contribution in [3.63, 3.8) is 0 Å². The monoisotopic (exact) mass is 337 g/mol. The summed E-state index contributed by atoms with van der Waals surface area (Å²) in [7, 11) is 0. The summed E-state index contributed by atoms with van der Waals surface area (Å²) in [6, 6.07) is 3.92. The zero-order chi connectivity index (χ0) is 15.7. The van der Waals surface area contributed by atoms with Crippen LogP contribution >= 0.6 is 22.7 Å². The van der Waals surface area contributed by atoms with Crippen molar-refractivity contribution in [3.8, 4) is 0 Å². The van der Waals surface area contributed by atoms with Gasteiger partial charge in [0.05, 0.1) is 0 Å². The second-order valence-electron chi connectivity index (χ2n) is 5.80. The minimum absolute atomic E-state index is 0.194. The maximum atomic E-state index is 11.1. The molecule has 0 amide bonds. The van der Waals surface area contributed by atoms with Crippen molar-refractivity contribution in [1.82, 2.24) is 4.90 Å². The number of rotatable bonds is 5. The van der Waals surface area contributed by atoms with Crippen LogP contribution in [0.3, 0.4) is 0 Å². The van der Waals surface area contributed by atoms with Crippen molar-refractivity contribution < 1.29 is 15.0 Å². The average Bonchev–Trinajstić information content (AvgIpc) is 3.19. The Morgan fingerprint density at radius 2 is 2.27 bits per heavy atom. The zero-order valence-corrected chi connectivity index (χ0v) is 14.0. The van der Waals surface area contributed by atoms with Gasteiger partial charge in [-0.3, -0.25) is 4.90 Å². The van der Waals surface area contributed by atoms with Crippen LogP contribution in [-0.2, 0) is 6.54 Å². The van der Waals surface area contributed by atoms with Crippen LogP contribution < -0.4 is 0 Å². The van der Waals surface area contributed by atoms with E-state index < -0.39 is 5.97 Å². The maximum Gasteiger partial charge on any atom is 0.345 e. The van der Waals surface area contributed by atoms with E-state index in [0.29, 0.717) is 10.8 Å². The number of aryl methyl sites for hydroxylation is 1. The Labute approximate surface area is 137 Å². The van der Waals surface area contributed by atoms with E-state index in [1.165, 1.54) is 16.9 Å². The first-order chi connectivity index (χ1) is 10.6. The normalized spacial score (nSPS) is 22.3. The average molecular weight is 337 g/mol. The topological polar surface area (TPSA) is 60.8 Å². The number of carboxylic acids is 1. The van der Waals surface area contributed by atoms with Crippen molar-refractivity contribution in [1.29, 1.82) is 0 Å². The summed E-state index contributed by atoms with van der Waals surface area (Å²) in [6.07, 6.45) is 0. The van der Waals surface area contributed by atoms with Gasteiger partial charge in [-0.1, -0.05) is 0 Å². The molecule has 22 heavy (non-hydrogen) atoms. The lowest BCUT2D eigenvalue weighted by molar-refractivity contribution is 0.0702. The molecule has 1 aliphatic rings. The first-order valence-corrected chi connectivity index (χ1v) is 9.02. The predicted molar refractivity (Wildman–Crippen MR) is 88.9 cm³/mol. The fraction of sp³-hybridized carbons (Fsp3) is 0.438. The molecule has 1 aliphatic heterocycles. The highest BCUT2D eigenvalue weighted by atomic mass is 32.1. The van der Waals surface area contributed by atoms with E-state index in [1.807, 2.05) is 6.92 Å². The van der Waals surface area contributed by atoms with Gasteiger partial charge in [-0.2, -0.15) is 11.3 Å². The molecule has 1 saturated heterocycles. The van der Waals surface area contributed by atoms with Gasteiger partial charge >= 0.3 is 5.97 Å². The molecular formula is C16H19NO3S2. The van der Waals surface area contributed by atoms with Crippen LogP contribution in [0.2, 0.25) is 0 Å². The third-order valence-corrected chi connectivity index (χ3v) is 6.13. The molecule has 4 nitrogen and oxygen atoms in total. The van der Waals surface area contributed by atoms with Crippen LogP contribution in [-0.4, -0.2) is 40.8 Å². The summed E-state index contributed by atoms with van der Waals surface area (Å²) in [5.74, 6) is -0.230. The molecule has 2 N–H and O–H groups in total. The highest BCUT2D eigenvalue weighted by Gasteiger charge is 2.33. The SMILES string of the molecule is Cc1sc(C(=O)O)cc1CN1C[C@@H](CO)[C@H](c2ccsc2)C1. The van der Waals surface area contributed by atoms with Gasteiger partial charge in [0.1, 0.15) is 4.88 Å². The number of aromatic carboxylic acids is 1. The highest BCUT2D eigenvalue weighted by Crippen LogP contribution is 2.35. The van der Waals surface area contributed by atoms with Gasteiger partial charge in [0.25, 0.3) is 0 Å². The Hall–Kier alpha value is -1.21. The Balaban J connectivity index is 1.73. The molecule has 2 atom stereocenters. The van der Waals surface area contributed by atoms with Gasteiger partial charge < -0.3 is 10.2 Å². The van der Waals surface area contributed by atoms with Crippen LogP contribution in [0, 0.1) is 12.8 Å². The van der Waals surface area contributed by atoms with Crippen LogP contribution in [0.5, 0.6) is 0 Å². The molecule has 118 valence electrons. The number of hydrogen-bond acceptors (Lipinski definition) is 5. The van der Waals surface area contributed by atoms with Gasteiger partial charge in [-0.05, 0) is 40.9 Å². The lowest BCUT2D eigenvalue weighted by atomic mass is 9.92.